The summed E-state index contributed by atoms with van der Waals surface area (Å²) in [7, 11) is 0. The molecule has 0 fully saturated rings. The highest BCUT2D eigenvalue weighted by Gasteiger charge is 2.33. The first kappa shape index (κ1) is 25.3. The lowest BCUT2D eigenvalue weighted by atomic mass is 9.81. The summed E-state index contributed by atoms with van der Waals surface area (Å²) >= 11 is 0. The van der Waals surface area contributed by atoms with E-state index in [1.165, 1.54) is 11.1 Å². The fraction of sp³-hybridized carbons (Fsp3) is 0.429. The van der Waals surface area contributed by atoms with Gasteiger partial charge in [-0.25, -0.2) is 4.79 Å². The van der Waals surface area contributed by atoms with Crippen LogP contribution in [-0.4, -0.2) is 46.6 Å². The first-order valence-corrected chi connectivity index (χ1v) is 12.0. The van der Waals surface area contributed by atoms with Crippen molar-refractivity contribution in [2.24, 2.45) is 0 Å². The number of carbonyl (C=O) groups excluding carboxylic acids is 1. The Morgan fingerprint density at radius 1 is 1.06 bits per heavy atom. The molecule has 3 aromatic rings. The minimum absolute atomic E-state index is 0.0717. The van der Waals surface area contributed by atoms with Gasteiger partial charge in [-0.1, -0.05) is 30.2 Å². The molecule has 1 heterocycles. The molecule has 3 rings (SSSR count). The number of aromatic amines is 1. The molecule has 6 nitrogen and oxygen atoms in total. The summed E-state index contributed by atoms with van der Waals surface area (Å²) in [4.78, 5) is 30.0. The topological polar surface area (TPSA) is 85.4 Å². The van der Waals surface area contributed by atoms with Gasteiger partial charge in [-0.2, -0.15) is 0 Å². The molecule has 34 heavy (non-hydrogen) atoms. The maximum atomic E-state index is 13.3. The number of nitrogens with zero attached hydrogens (tertiary/aromatic N) is 1. The molecule has 182 valence electrons. The highest BCUT2D eigenvalue weighted by atomic mass is 16.4. The molecule has 2 aromatic carbocycles. The third kappa shape index (κ3) is 4.96. The number of hydrogen-bond acceptors (Lipinski definition) is 2. The number of aryl methyl sites for hydroxylation is 2. The van der Waals surface area contributed by atoms with Crippen molar-refractivity contribution in [2.75, 3.05) is 19.6 Å². The normalized spacial score (nSPS) is 12.6. The standard InChI is InChI=1S/C28H37N3O3/c1-8-31(9-2)26(32)28(6,7)21-10-11-23-22(15-21)24(19(5)16-29-27(33)34)25(30-23)20-13-17(3)12-18(4)14-20/h10-15,19,29-30H,8-9,16H2,1-7H3,(H,33,34)/t19-/m1/s1. The highest BCUT2D eigenvalue weighted by Crippen LogP contribution is 2.38. The van der Waals surface area contributed by atoms with E-state index in [9.17, 15) is 14.7 Å². The Kier molecular flexibility index (Phi) is 7.39. The van der Waals surface area contributed by atoms with Gasteiger partial charge in [0.15, 0.2) is 0 Å². The molecule has 0 saturated carbocycles. The number of aromatic nitrogens is 1. The summed E-state index contributed by atoms with van der Waals surface area (Å²) in [5.41, 5.74) is 6.70. The predicted molar refractivity (Wildman–Crippen MR) is 139 cm³/mol. The zero-order chi connectivity index (χ0) is 25.2. The van der Waals surface area contributed by atoms with Crippen LogP contribution >= 0.6 is 0 Å². The number of carbonyl (C=O) groups is 2. The van der Waals surface area contributed by atoms with Gasteiger partial charge in [0.25, 0.3) is 0 Å². The SMILES string of the molecule is CCN(CC)C(=O)C(C)(C)c1ccc2[nH]c(-c3cc(C)cc(C)c3)c([C@H](C)CNC(=O)O)c2c1. The lowest BCUT2D eigenvalue weighted by molar-refractivity contribution is -0.135. The van der Waals surface area contributed by atoms with Crippen LogP contribution in [0.3, 0.4) is 0 Å². The molecule has 0 aliphatic heterocycles. The van der Waals surface area contributed by atoms with Crippen LogP contribution in [0.25, 0.3) is 22.2 Å². The monoisotopic (exact) mass is 463 g/mol. The van der Waals surface area contributed by atoms with Gasteiger partial charge in [-0.3, -0.25) is 4.79 Å². The average molecular weight is 464 g/mol. The number of H-pyrrole nitrogens is 1. The van der Waals surface area contributed by atoms with Crippen molar-refractivity contribution in [3.05, 3.63) is 58.7 Å². The predicted octanol–water partition coefficient (Wildman–Crippen LogP) is 5.97. The quantitative estimate of drug-likeness (QED) is 0.385. The van der Waals surface area contributed by atoms with Crippen molar-refractivity contribution in [1.82, 2.24) is 15.2 Å². The number of hydrogen-bond donors (Lipinski definition) is 3. The second kappa shape index (κ2) is 9.92. The van der Waals surface area contributed by atoms with E-state index in [4.69, 9.17) is 0 Å². The zero-order valence-electron chi connectivity index (χ0n) is 21.4. The van der Waals surface area contributed by atoms with Crippen molar-refractivity contribution in [2.45, 2.75) is 59.8 Å². The van der Waals surface area contributed by atoms with E-state index < -0.39 is 11.5 Å². The van der Waals surface area contributed by atoms with E-state index in [-0.39, 0.29) is 11.8 Å². The summed E-state index contributed by atoms with van der Waals surface area (Å²) in [5.74, 6) is 0.0292. The Labute approximate surface area is 202 Å². The van der Waals surface area contributed by atoms with Gasteiger partial charge in [0.05, 0.1) is 11.1 Å². The molecule has 0 aliphatic rings. The van der Waals surface area contributed by atoms with Crippen LogP contribution in [0.5, 0.6) is 0 Å². The summed E-state index contributed by atoms with van der Waals surface area (Å²) in [6, 6.07) is 12.6. The number of carboxylic acid groups (broad SMARTS) is 1. The van der Waals surface area contributed by atoms with E-state index in [1.807, 2.05) is 51.7 Å². The summed E-state index contributed by atoms with van der Waals surface area (Å²) < 4.78 is 0. The molecule has 0 spiro atoms. The van der Waals surface area contributed by atoms with Crippen LogP contribution in [0, 0.1) is 13.8 Å². The van der Waals surface area contributed by atoms with E-state index in [0.29, 0.717) is 19.6 Å². The molecule has 0 bridgehead atoms. The third-order valence-corrected chi connectivity index (χ3v) is 6.71. The number of likely N-dealkylation sites (N-methyl/N-ethyl adjacent to an activating group) is 1. The summed E-state index contributed by atoms with van der Waals surface area (Å²) in [6.45, 7) is 15.8. The summed E-state index contributed by atoms with van der Waals surface area (Å²) in [6.07, 6.45) is -1.04. The molecule has 1 aromatic heterocycles. The van der Waals surface area contributed by atoms with Crippen LogP contribution in [0.2, 0.25) is 0 Å². The molecule has 3 N–H and O–H groups in total. The number of nitrogens with one attached hydrogen (secondary N) is 2. The van der Waals surface area contributed by atoms with E-state index >= 15 is 0 Å². The molecule has 6 heteroatoms. The van der Waals surface area contributed by atoms with Crippen molar-refractivity contribution in [1.29, 1.82) is 0 Å². The van der Waals surface area contributed by atoms with E-state index in [1.54, 1.807) is 0 Å². The first-order valence-electron chi connectivity index (χ1n) is 12.0. The van der Waals surface area contributed by atoms with Crippen molar-refractivity contribution < 1.29 is 14.7 Å². The molecule has 0 unspecified atom stereocenters. The lowest BCUT2D eigenvalue weighted by Crippen LogP contribution is -2.43. The van der Waals surface area contributed by atoms with Crippen LogP contribution < -0.4 is 5.32 Å². The van der Waals surface area contributed by atoms with Crippen LogP contribution in [0.1, 0.15) is 62.8 Å². The number of amides is 2. The Morgan fingerprint density at radius 3 is 2.24 bits per heavy atom. The number of benzene rings is 2. The maximum Gasteiger partial charge on any atom is 0.404 e. The van der Waals surface area contributed by atoms with Gasteiger partial charge < -0.3 is 20.3 Å². The first-order chi connectivity index (χ1) is 16.0. The third-order valence-electron chi connectivity index (χ3n) is 6.71. The van der Waals surface area contributed by atoms with Crippen LogP contribution in [0.4, 0.5) is 4.79 Å². The second-order valence-electron chi connectivity index (χ2n) is 9.74. The van der Waals surface area contributed by atoms with Crippen LogP contribution in [0.15, 0.2) is 36.4 Å². The Morgan fingerprint density at radius 2 is 1.68 bits per heavy atom. The van der Waals surface area contributed by atoms with Gasteiger partial charge >= 0.3 is 6.09 Å². The second-order valence-corrected chi connectivity index (χ2v) is 9.74. The zero-order valence-corrected chi connectivity index (χ0v) is 21.4. The summed E-state index contributed by atoms with van der Waals surface area (Å²) in [5, 5.41) is 12.7. The highest BCUT2D eigenvalue weighted by molar-refractivity contribution is 5.94. The van der Waals surface area contributed by atoms with Gasteiger partial charge in [0, 0.05) is 36.5 Å². The Hall–Kier alpha value is -3.28. The van der Waals surface area contributed by atoms with Gasteiger partial charge in [0.1, 0.15) is 0 Å². The molecular weight excluding hydrogens is 426 g/mol. The van der Waals surface area contributed by atoms with Crippen LogP contribution in [-0.2, 0) is 10.2 Å². The minimum Gasteiger partial charge on any atom is -0.465 e. The smallest absolute Gasteiger partial charge is 0.404 e. The van der Waals surface area contributed by atoms with Crippen molar-refractivity contribution >= 4 is 22.9 Å². The average Bonchev–Trinajstić information content (AvgIpc) is 3.16. The fourth-order valence-electron chi connectivity index (χ4n) is 4.83. The Bertz CT molecular complexity index is 1180. The molecule has 2 amide bonds. The molecule has 0 radical (unpaired) electrons. The largest absolute Gasteiger partial charge is 0.465 e. The van der Waals surface area contributed by atoms with E-state index in [2.05, 4.69) is 48.4 Å². The van der Waals surface area contributed by atoms with Gasteiger partial charge in [0.2, 0.25) is 5.91 Å². The fourth-order valence-corrected chi connectivity index (χ4v) is 4.83. The van der Waals surface area contributed by atoms with Crippen molar-refractivity contribution in [3.8, 4) is 11.3 Å². The maximum absolute atomic E-state index is 13.3. The molecule has 0 aliphatic carbocycles. The number of rotatable bonds is 8. The number of fused-ring (bicyclic) bond motifs is 1. The minimum atomic E-state index is -1.04. The molecule has 0 saturated heterocycles. The van der Waals surface area contributed by atoms with Crippen molar-refractivity contribution in [3.63, 3.8) is 0 Å². The van der Waals surface area contributed by atoms with E-state index in [0.717, 1.165) is 33.3 Å². The van der Waals surface area contributed by atoms with Gasteiger partial charge in [-0.05, 0) is 82.5 Å². The lowest BCUT2D eigenvalue weighted by Gasteiger charge is -2.31. The van der Waals surface area contributed by atoms with Gasteiger partial charge in [-0.15, -0.1) is 0 Å². The Balaban J connectivity index is 2.21. The molecular formula is C28H37N3O3. The molecule has 1 atom stereocenters.